The van der Waals surface area contributed by atoms with Gasteiger partial charge in [0, 0.05) is 42.2 Å². The third-order valence-corrected chi connectivity index (χ3v) is 9.96. The molecule has 2 unspecified atom stereocenters. The van der Waals surface area contributed by atoms with Gasteiger partial charge in [0.2, 0.25) is 0 Å². The maximum Gasteiger partial charge on any atom is 0.349 e. The van der Waals surface area contributed by atoms with Gasteiger partial charge in [-0.15, -0.1) is 6.42 Å². The molecule has 10 heteroatoms. The molecule has 0 radical (unpaired) electrons. The van der Waals surface area contributed by atoms with Gasteiger partial charge in [-0.3, -0.25) is 4.90 Å². The van der Waals surface area contributed by atoms with Gasteiger partial charge in [-0.05, 0) is 87.4 Å². The van der Waals surface area contributed by atoms with Crippen molar-refractivity contribution in [3.05, 3.63) is 51.6 Å². The first-order valence-corrected chi connectivity index (χ1v) is 15.6. The van der Waals surface area contributed by atoms with E-state index in [1.807, 2.05) is 0 Å². The van der Waals surface area contributed by atoms with Crippen molar-refractivity contribution in [2.75, 3.05) is 38.2 Å². The summed E-state index contributed by atoms with van der Waals surface area (Å²) in [5.41, 5.74) is 0.927. The number of halogens is 2. The quantitative estimate of drug-likeness (QED) is 0.276. The molecule has 4 aromatic rings. The van der Waals surface area contributed by atoms with Crippen LogP contribution in [0.2, 0.25) is 0 Å². The van der Waals surface area contributed by atoms with E-state index in [1.54, 1.807) is 6.92 Å². The number of nitrogens with zero attached hydrogens (tertiary/aromatic N) is 4. The number of phenolic OH excluding ortho intramolecular Hbond substituents is 1. The van der Waals surface area contributed by atoms with Gasteiger partial charge in [0.25, 0.3) is 0 Å². The molecule has 234 valence electrons. The minimum Gasteiger partial charge on any atom is -0.508 e. The number of aryl methyl sites for hydroxylation is 1. The molecule has 1 N–H and O–H groups in total. The second-order valence-corrected chi connectivity index (χ2v) is 12.9. The molecule has 8 rings (SSSR count). The maximum absolute atomic E-state index is 14.6. The largest absolute Gasteiger partial charge is 0.508 e. The standard InChI is InChI=1S/C28H24FN3O4.C7H12FN/c1-4-18-20(29)7-6-16-12-17(33)13-19(21(16)18)24-15(2)23-22(26(34)36-24)25(31-27(30-23)35-3)32-11-5-8-28(14-32)9-10-28;8-6-4-7-2-1-3-9(7)5-6/h1,6-7,12-13,33H,5,8-11,14H2,2-3H3;6-7H,1-5H2. The zero-order valence-electron chi connectivity index (χ0n) is 25.5. The van der Waals surface area contributed by atoms with Gasteiger partial charge in [0.05, 0.1) is 18.2 Å². The number of phenols is 1. The molecule has 4 aliphatic rings. The average Bonchev–Trinajstić information content (AvgIpc) is 3.45. The van der Waals surface area contributed by atoms with Crippen molar-refractivity contribution < 1.29 is 23.0 Å². The molecular weight excluding hydrogens is 578 g/mol. The number of hydrogen-bond donors (Lipinski definition) is 1. The molecular formula is C35H36F2N4O4. The Balaban J connectivity index is 0.000000308. The van der Waals surface area contributed by atoms with Gasteiger partial charge in [-0.25, -0.2) is 13.6 Å². The summed E-state index contributed by atoms with van der Waals surface area (Å²) >= 11 is 0. The van der Waals surface area contributed by atoms with Crippen molar-refractivity contribution in [1.82, 2.24) is 14.9 Å². The lowest BCUT2D eigenvalue weighted by Crippen LogP contribution is -2.37. The topological polar surface area (TPSA) is 91.9 Å². The van der Waals surface area contributed by atoms with Crippen LogP contribution in [0.1, 0.15) is 56.1 Å². The molecule has 3 saturated heterocycles. The molecule has 1 saturated carbocycles. The second-order valence-electron chi connectivity index (χ2n) is 12.9. The summed E-state index contributed by atoms with van der Waals surface area (Å²) in [5, 5.41) is 11.6. The predicted molar refractivity (Wildman–Crippen MR) is 169 cm³/mol. The second kappa shape index (κ2) is 11.3. The van der Waals surface area contributed by atoms with Crippen molar-refractivity contribution in [3.8, 4) is 35.4 Å². The number of ether oxygens (including phenoxy) is 1. The molecule has 4 fully saturated rings. The summed E-state index contributed by atoms with van der Waals surface area (Å²) in [6, 6.07) is 6.43. The fourth-order valence-corrected chi connectivity index (χ4v) is 7.54. The van der Waals surface area contributed by atoms with Crippen LogP contribution in [0, 0.1) is 30.5 Å². The fourth-order valence-electron chi connectivity index (χ4n) is 7.54. The molecule has 3 aliphatic heterocycles. The van der Waals surface area contributed by atoms with Gasteiger partial charge in [-0.2, -0.15) is 9.97 Å². The number of methoxy groups -OCH3 is 1. The molecule has 1 aliphatic carbocycles. The summed E-state index contributed by atoms with van der Waals surface area (Å²) in [4.78, 5) is 27.0. The Morgan fingerprint density at radius 1 is 1.16 bits per heavy atom. The first-order chi connectivity index (χ1) is 21.7. The summed E-state index contributed by atoms with van der Waals surface area (Å²) in [7, 11) is 1.48. The molecule has 45 heavy (non-hydrogen) atoms. The van der Waals surface area contributed by atoms with Crippen LogP contribution in [0.25, 0.3) is 33.0 Å². The van der Waals surface area contributed by atoms with Crippen LogP contribution >= 0.6 is 0 Å². The Morgan fingerprint density at radius 3 is 2.71 bits per heavy atom. The number of benzene rings is 2. The summed E-state index contributed by atoms with van der Waals surface area (Å²) in [5.74, 6) is 2.40. The van der Waals surface area contributed by atoms with Crippen molar-refractivity contribution in [3.63, 3.8) is 0 Å². The number of aromatic hydroxyl groups is 1. The molecule has 2 aromatic heterocycles. The van der Waals surface area contributed by atoms with Crippen LogP contribution in [-0.4, -0.2) is 65.5 Å². The highest BCUT2D eigenvalue weighted by atomic mass is 19.1. The van der Waals surface area contributed by atoms with Gasteiger partial charge >= 0.3 is 11.6 Å². The normalized spacial score (nSPS) is 21.9. The Hall–Kier alpha value is -4.23. The van der Waals surface area contributed by atoms with E-state index in [4.69, 9.17) is 15.6 Å². The monoisotopic (exact) mass is 614 g/mol. The molecule has 2 aromatic carbocycles. The average molecular weight is 615 g/mol. The van der Waals surface area contributed by atoms with E-state index in [-0.39, 0.29) is 28.5 Å². The van der Waals surface area contributed by atoms with E-state index < -0.39 is 17.6 Å². The molecule has 0 bridgehead atoms. The van der Waals surface area contributed by atoms with E-state index in [1.165, 1.54) is 63.5 Å². The summed E-state index contributed by atoms with van der Waals surface area (Å²) in [6.45, 7) is 5.22. The van der Waals surface area contributed by atoms with Crippen molar-refractivity contribution in [2.24, 2.45) is 5.41 Å². The number of hydrogen-bond acceptors (Lipinski definition) is 8. The SMILES string of the molecule is C#Cc1c(F)ccc2cc(O)cc(-c3oc(=O)c4c(N5CCCC6(CC6)C5)nc(OC)nc4c3C)c12.FC1CC2CCCN2C1. The predicted octanol–water partition coefficient (Wildman–Crippen LogP) is 6.12. The van der Waals surface area contributed by atoms with Crippen LogP contribution in [0.4, 0.5) is 14.6 Å². The number of terminal acetylenes is 1. The van der Waals surface area contributed by atoms with Crippen molar-refractivity contribution >= 4 is 27.5 Å². The molecule has 2 atom stereocenters. The Kier molecular flexibility index (Phi) is 7.40. The highest BCUT2D eigenvalue weighted by Crippen LogP contribution is 2.53. The molecule has 5 heterocycles. The van der Waals surface area contributed by atoms with E-state index in [2.05, 4.69) is 25.7 Å². The van der Waals surface area contributed by atoms with Crippen molar-refractivity contribution in [1.29, 1.82) is 0 Å². The van der Waals surface area contributed by atoms with Crippen LogP contribution in [0.15, 0.2) is 33.5 Å². The Morgan fingerprint density at radius 2 is 1.98 bits per heavy atom. The van der Waals surface area contributed by atoms with Gasteiger partial charge in [0.1, 0.15) is 28.9 Å². The summed E-state index contributed by atoms with van der Waals surface area (Å²) in [6.07, 6.45) is 13.0. The maximum atomic E-state index is 14.6. The fraction of sp³-hybridized carbons (Fsp3) is 0.457. The highest BCUT2D eigenvalue weighted by Gasteiger charge is 2.46. The lowest BCUT2D eigenvalue weighted by atomic mass is 9.94. The van der Waals surface area contributed by atoms with E-state index in [9.17, 15) is 18.7 Å². The van der Waals surface area contributed by atoms with E-state index in [0.29, 0.717) is 51.2 Å². The zero-order chi connectivity index (χ0) is 31.5. The van der Waals surface area contributed by atoms with Crippen LogP contribution < -0.4 is 15.3 Å². The van der Waals surface area contributed by atoms with E-state index in [0.717, 1.165) is 32.5 Å². The third kappa shape index (κ3) is 5.27. The van der Waals surface area contributed by atoms with Crippen molar-refractivity contribution in [2.45, 2.75) is 64.1 Å². The molecule has 1 spiro atoms. The Bertz CT molecular complexity index is 1900. The number of fused-ring (bicyclic) bond motifs is 3. The van der Waals surface area contributed by atoms with E-state index >= 15 is 0 Å². The number of piperidine rings is 1. The van der Waals surface area contributed by atoms with Gasteiger partial charge in [-0.1, -0.05) is 12.0 Å². The molecule has 8 nitrogen and oxygen atoms in total. The minimum absolute atomic E-state index is 0.0219. The van der Waals surface area contributed by atoms with Crippen LogP contribution in [0.3, 0.4) is 0 Å². The van der Waals surface area contributed by atoms with Gasteiger partial charge in [0.15, 0.2) is 5.82 Å². The van der Waals surface area contributed by atoms with Crippen LogP contribution in [-0.2, 0) is 0 Å². The first-order valence-electron chi connectivity index (χ1n) is 15.6. The molecule has 0 amide bonds. The zero-order valence-corrected chi connectivity index (χ0v) is 25.5. The Labute approximate surface area is 260 Å². The smallest absolute Gasteiger partial charge is 0.349 e. The lowest BCUT2D eigenvalue weighted by molar-refractivity contribution is 0.292. The summed E-state index contributed by atoms with van der Waals surface area (Å²) < 4.78 is 38.5. The van der Waals surface area contributed by atoms with Gasteiger partial charge < -0.3 is 19.2 Å². The first kappa shape index (κ1) is 29.5. The van der Waals surface area contributed by atoms with Crippen LogP contribution in [0.5, 0.6) is 11.8 Å². The number of alkyl halides is 1. The third-order valence-electron chi connectivity index (χ3n) is 9.96. The number of aromatic nitrogens is 2. The highest BCUT2D eigenvalue weighted by molar-refractivity contribution is 6.03. The number of anilines is 1. The number of rotatable bonds is 3. The minimum atomic E-state index is -0.617. The lowest BCUT2D eigenvalue weighted by Gasteiger charge is -2.34.